The van der Waals surface area contributed by atoms with Crippen molar-refractivity contribution in [2.45, 2.75) is 38.8 Å². The molecule has 2 heterocycles. The summed E-state index contributed by atoms with van der Waals surface area (Å²) in [5.74, 6) is 1.30. The smallest absolute Gasteiger partial charge is 0.226 e. The minimum absolute atomic E-state index is 0.135. The van der Waals surface area contributed by atoms with Crippen molar-refractivity contribution in [2.75, 3.05) is 25.5 Å². The highest BCUT2D eigenvalue weighted by atomic mass is 16.5. The Morgan fingerprint density at radius 1 is 1.39 bits per heavy atom. The van der Waals surface area contributed by atoms with Crippen molar-refractivity contribution in [3.63, 3.8) is 0 Å². The quantitative estimate of drug-likeness (QED) is 0.882. The van der Waals surface area contributed by atoms with Gasteiger partial charge in [-0.2, -0.15) is 4.98 Å². The Balaban J connectivity index is 1.92. The molecular formula is C13H22N4O. The molecule has 1 aliphatic heterocycles. The summed E-state index contributed by atoms with van der Waals surface area (Å²) in [7, 11) is 2.16. The summed E-state index contributed by atoms with van der Waals surface area (Å²) in [6.45, 7) is 6.23. The molecule has 0 spiro atoms. The Morgan fingerprint density at radius 3 is 2.78 bits per heavy atom. The molecule has 0 aliphatic carbocycles. The van der Waals surface area contributed by atoms with E-state index in [2.05, 4.69) is 27.2 Å². The van der Waals surface area contributed by atoms with E-state index in [4.69, 9.17) is 4.74 Å². The topological polar surface area (TPSA) is 50.3 Å². The average Bonchev–Trinajstić information content (AvgIpc) is 2.32. The molecule has 0 atom stereocenters. The third-order valence-corrected chi connectivity index (χ3v) is 3.04. The van der Waals surface area contributed by atoms with Gasteiger partial charge in [0.2, 0.25) is 11.8 Å². The summed E-state index contributed by atoms with van der Waals surface area (Å²) in [6, 6.07) is 2.26. The van der Waals surface area contributed by atoms with Gasteiger partial charge in [0, 0.05) is 18.3 Å². The fraction of sp³-hybridized carbons (Fsp3) is 0.692. The Labute approximate surface area is 109 Å². The van der Waals surface area contributed by atoms with E-state index >= 15 is 0 Å². The first-order valence-electron chi connectivity index (χ1n) is 6.58. The predicted molar refractivity (Wildman–Crippen MR) is 71.9 cm³/mol. The van der Waals surface area contributed by atoms with Crippen LogP contribution in [-0.4, -0.2) is 47.2 Å². The van der Waals surface area contributed by atoms with Crippen LogP contribution >= 0.6 is 0 Å². The van der Waals surface area contributed by atoms with Crippen LogP contribution in [-0.2, 0) is 0 Å². The first-order chi connectivity index (χ1) is 8.63. The van der Waals surface area contributed by atoms with E-state index in [1.807, 2.05) is 13.8 Å². The van der Waals surface area contributed by atoms with Crippen molar-refractivity contribution in [3.05, 3.63) is 12.3 Å². The lowest BCUT2D eigenvalue weighted by Gasteiger charge is -2.29. The Kier molecular flexibility index (Phi) is 4.36. The molecule has 1 saturated heterocycles. The highest BCUT2D eigenvalue weighted by Gasteiger charge is 2.17. The van der Waals surface area contributed by atoms with Gasteiger partial charge in [-0.1, -0.05) is 0 Å². The number of piperidine rings is 1. The molecule has 0 radical (unpaired) electrons. The first-order valence-corrected chi connectivity index (χ1v) is 6.58. The van der Waals surface area contributed by atoms with Gasteiger partial charge in [-0.05, 0) is 46.8 Å². The van der Waals surface area contributed by atoms with Crippen LogP contribution in [0, 0.1) is 0 Å². The third-order valence-electron chi connectivity index (χ3n) is 3.04. The second-order valence-electron chi connectivity index (χ2n) is 5.11. The maximum atomic E-state index is 5.56. The zero-order valence-corrected chi connectivity index (χ0v) is 11.4. The summed E-state index contributed by atoms with van der Waals surface area (Å²) in [4.78, 5) is 11.0. The second-order valence-corrected chi connectivity index (χ2v) is 5.11. The van der Waals surface area contributed by atoms with E-state index in [-0.39, 0.29) is 6.10 Å². The van der Waals surface area contributed by atoms with Crippen molar-refractivity contribution in [1.82, 2.24) is 14.9 Å². The molecule has 0 saturated carbocycles. The zero-order chi connectivity index (χ0) is 13.0. The van der Waals surface area contributed by atoms with Crippen molar-refractivity contribution in [2.24, 2.45) is 0 Å². The van der Waals surface area contributed by atoms with Crippen LogP contribution in [0.2, 0.25) is 0 Å². The van der Waals surface area contributed by atoms with Crippen LogP contribution in [0.15, 0.2) is 12.3 Å². The van der Waals surface area contributed by atoms with Gasteiger partial charge < -0.3 is 15.0 Å². The number of aromatic nitrogens is 2. The largest absolute Gasteiger partial charge is 0.475 e. The van der Waals surface area contributed by atoms with Gasteiger partial charge in [0.05, 0.1) is 6.10 Å². The standard InChI is InChI=1S/C13H22N4O/c1-10(2)18-12-4-7-14-13(16-12)15-11-5-8-17(3)9-6-11/h4,7,10-11H,5-6,8-9H2,1-3H3,(H,14,15,16). The van der Waals surface area contributed by atoms with E-state index in [0.29, 0.717) is 17.9 Å². The summed E-state index contributed by atoms with van der Waals surface area (Å²) in [5, 5.41) is 3.39. The minimum Gasteiger partial charge on any atom is -0.475 e. The number of likely N-dealkylation sites (tertiary alicyclic amines) is 1. The highest BCUT2D eigenvalue weighted by molar-refractivity contribution is 5.29. The summed E-state index contributed by atoms with van der Waals surface area (Å²) < 4.78 is 5.56. The average molecular weight is 250 g/mol. The fourth-order valence-corrected chi connectivity index (χ4v) is 2.05. The van der Waals surface area contributed by atoms with Crippen LogP contribution in [0.5, 0.6) is 5.88 Å². The fourth-order valence-electron chi connectivity index (χ4n) is 2.05. The molecule has 0 bridgehead atoms. The molecule has 1 aromatic heterocycles. The van der Waals surface area contributed by atoms with Crippen molar-refractivity contribution in [3.8, 4) is 5.88 Å². The van der Waals surface area contributed by atoms with Crippen LogP contribution in [0.3, 0.4) is 0 Å². The molecule has 18 heavy (non-hydrogen) atoms. The molecule has 1 aromatic rings. The molecule has 0 amide bonds. The number of anilines is 1. The van der Waals surface area contributed by atoms with E-state index in [0.717, 1.165) is 25.9 Å². The predicted octanol–water partition coefficient (Wildman–Crippen LogP) is 1.77. The molecule has 0 unspecified atom stereocenters. The molecule has 0 aromatic carbocycles. The lowest BCUT2D eigenvalue weighted by atomic mass is 10.1. The monoisotopic (exact) mass is 250 g/mol. The van der Waals surface area contributed by atoms with E-state index in [1.165, 1.54) is 0 Å². The highest BCUT2D eigenvalue weighted by Crippen LogP contribution is 2.15. The third kappa shape index (κ3) is 3.84. The van der Waals surface area contributed by atoms with Crippen molar-refractivity contribution in [1.29, 1.82) is 0 Å². The maximum absolute atomic E-state index is 5.56. The van der Waals surface area contributed by atoms with Crippen molar-refractivity contribution < 1.29 is 4.74 Å². The second kappa shape index (κ2) is 6.00. The zero-order valence-electron chi connectivity index (χ0n) is 11.4. The Morgan fingerprint density at radius 2 is 2.11 bits per heavy atom. The van der Waals surface area contributed by atoms with Crippen LogP contribution in [0.1, 0.15) is 26.7 Å². The van der Waals surface area contributed by atoms with Gasteiger partial charge >= 0.3 is 0 Å². The lowest BCUT2D eigenvalue weighted by molar-refractivity contribution is 0.232. The molecule has 100 valence electrons. The number of ether oxygens (including phenoxy) is 1. The van der Waals surface area contributed by atoms with E-state index in [9.17, 15) is 0 Å². The first kappa shape index (κ1) is 13.1. The number of nitrogens with one attached hydrogen (secondary N) is 1. The van der Waals surface area contributed by atoms with E-state index < -0.39 is 0 Å². The van der Waals surface area contributed by atoms with Gasteiger partial charge in [0.1, 0.15) is 0 Å². The number of hydrogen-bond donors (Lipinski definition) is 1. The normalized spacial score (nSPS) is 18.0. The van der Waals surface area contributed by atoms with Gasteiger partial charge in [0.25, 0.3) is 0 Å². The van der Waals surface area contributed by atoms with Gasteiger partial charge in [0.15, 0.2) is 0 Å². The number of nitrogens with zero attached hydrogens (tertiary/aromatic N) is 3. The molecule has 5 nitrogen and oxygen atoms in total. The van der Waals surface area contributed by atoms with Gasteiger partial charge in [-0.15, -0.1) is 0 Å². The number of rotatable bonds is 4. The minimum atomic E-state index is 0.135. The molecule has 1 fully saturated rings. The molecule has 5 heteroatoms. The van der Waals surface area contributed by atoms with Crippen LogP contribution in [0.4, 0.5) is 5.95 Å². The van der Waals surface area contributed by atoms with Gasteiger partial charge in [-0.3, -0.25) is 0 Å². The van der Waals surface area contributed by atoms with Crippen molar-refractivity contribution >= 4 is 5.95 Å². The Hall–Kier alpha value is -1.36. The summed E-state index contributed by atoms with van der Waals surface area (Å²) >= 11 is 0. The van der Waals surface area contributed by atoms with Gasteiger partial charge in [-0.25, -0.2) is 4.98 Å². The van der Waals surface area contributed by atoms with Crippen LogP contribution < -0.4 is 10.1 Å². The maximum Gasteiger partial charge on any atom is 0.226 e. The van der Waals surface area contributed by atoms with Crippen LogP contribution in [0.25, 0.3) is 0 Å². The molecule has 1 aliphatic rings. The Bertz CT molecular complexity index is 375. The van der Waals surface area contributed by atoms with E-state index in [1.54, 1.807) is 12.3 Å². The SMILES string of the molecule is CC(C)Oc1ccnc(NC2CCN(C)CC2)n1. The lowest BCUT2D eigenvalue weighted by Crippen LogP contribution is -2.37. The summed E-state index contributed by atoms with van der Waals surface area (Å²) in [5.41, 5.74) is 0. The number of hydrogen-bond acceptors (Lipinski definition) is 5. The molecular weight excluding hydrogens is 228 g/mol. The molecule has 1 N–H and O–H groups in total. The molecule has 2 rings (SSSR count). The summed E-state index contributed by atoms with van der Waals surface area (Å²) in [6.07, 6.45) is 4.14.